The van der Waals surface area contributed by atoms with Crippen molar-refractivity contribution in [1.29, 1.82) is 0 Å². The lowest BCUT2D eigenvalue weighted by molar-refractivity contribution is -0.119. The molecule has 0 atom stereocenters. The molecule has 0 bridgehead atoms. The molecular weight excluding hydrogens is 398 g/mol. The molecule has 0 aliphatic rings. The molecule has 0 fully saturated rings. The number of nitrogens with zero attached hydrogens (tertiary/aromatic N) is 1. The first-order valence-electron chi connectivity index (χ1n) is 9.61. The number of ether oxygens (including phenoxy) is 1. The van der Waals surface area contributed by atoms with E-state index in [2.05, 4.69) is 15.8 Å². The van der Waals surface area contributed by atoms with Gasteiger partial charge in [0.25, 0.3) is 5.91 Å². The molecule has 3 aromatic carbocycles. The van der Waals surface area contributed by atoms with E-state index >= 15 is 0 Å². The molecule has 30 heavy (non-hydrogen) atoms. The monoisotopic (exact) mass is 421 g/mol. The van der Waals surface area contributed by atoms with Gasteiger partial charge >= 0.3 is 0 Å². The topological polar surface area (TPSA) is 62.7 Å². The van der Waals surface area contributed by atoms with E-state index in [0.29, 0.717) is 11.6 Å². The molecule has 0 unspecified atom stereocenters. The molecule has 1 amide bonds. The first-order chi connectivity index (χ1) is 14.5. The quantitative estimate of drug-likeness (QED) is 0.393. The minimum atomic E-state index is -0.214. The third kappa shape index (κ3) is 6.09. The lowest BCUT2D eigenvalue weighted by atomic mass is 10.1. The second-order valence-corrected chi connectivity index (χ2v) is 7.27. The number of halogens is 1. The number of hydrazone groups is 1. The molecule has 6 heteroatoms. The van der Waals surface area contributed by atoms with E-state index in [4.69, 9.17) is 16.3 Å². The van der Waals surface area contributed by atoms with Gasteiger partial charge in [-0.05, 0) is 60.9 Å². The number of anilines is 1. The van der Waals surface area contributed by atoms with Crippen molar-refractivity contribution in [2.75, 3.05) is 11.9 Å². The fourth-order valence-electron chi connectivity index (χ4n) is 2.91. The van der Waals surface area contributed by atoms with Crippen LogP contribution in [-0.2, 0) is 11.4 Å². The van der Waals surface area contributed by atoms with Gasteiger partial charge in [-0.2, -0.15) is 5.10 Å². The van der Waals surface area contributed by atoms with Crippen LogP contribution in [-0.4, -0.2) is 18.7 Å². The highest BCUT2D eigenvalue weighted by atomic mass is 35.5. The van der Waals surface area contributed by atoms with Gasteiger partial charge < -0.3 is 10.1 Å². The molecule has 0 saturated carbocycles. The third-order valence-electron chi connectivity index (χ3n) is 4.54. The van der Waals surface area contributed by atoms with Gasteiger partial charge in [0.2, 0.25) is 0 Å². The van der Waals surface area contributed by atoms with Crippen LogP contribution in [0.1, 0.15) is 22.3 Å². The Morgan fingerprint density at radius 1 is 1.00 bits per heavy atom. The van der Waals surface area contributed by atoms with Crippen LogP contribution in [0.5, 0.6) is 5.75 Å². The molecule has 3 aromatic rings. The summed E-state index contributed by atoms with van der Waals surface area (Å²) in [7, 11) is 0. The van der Waals surface area contributed by atoms with Crippen LogP contribution >= 0.6 is 11.6 Å². The Hall–Kier alpha value is -3.31. The zero-order valence-corrected chi connectivity index (χ0v) is 17.7. The van der Waals surface area contributed by atoms with Crippen LogP contribution in [0.3, 0.4) is 0 Å². The molecule has 0 aliphatic carbocycles. The van der Waals surface area contributed by atoms with Crippen LogP contribution < -0.4 is 15.5 Å². The summed E-state index contributed by atoms with van der Waals surface area (Å²) in [5.74, 6) is 0.516. The number of para-hydroxylation sites is 1. The van der Waals surface area contributed by atoms with Crippen molar-refractivity contribution < 1.29 is 9.53 Å². The van der Waals surface area contributed by atoms with Crippen molar-refractivity contribution >= 4 is 29.4 Å². The van der Waals surface area contributed by atoms with E-state index < -0.39 is 0 Å². The molecule has 0 heterocycles. The standard InChI is InChI=1S/C24H24ClN3O2/c1-17-6-5-7-18(2)24(17)26-15-23(29)28-27-14-19-10-12-21(13-11-19)30-16-20-8-3-4-9-22(20)25/h3-14,26H,15-16H2,1-2H3,(H,28,29). The largest absolute Gasteiger partial charge is 0.489 e. The van der Waals surface area contributed by atoms with Crippen molar-refractivity contribution in [2.45, 2.75) is 20.5 Å². The summed E-state index contributed by atoms with van der Waals surface area (Å²) < 4.78 is 5.76. The van der Waals surface area contributed by atoms with Gasteiger partial charge in [-0.3, -0.25) is 4.79 Å². The average Bonchev–Trinajstić information content (AvgIpc) is 2.74. The second kappa shape index (κ2) is 10.5. The summed E-state index contributed by atoms with van der Waals surface area (Å²) in [4.78, 5) is 12.0. The Morgan fingerprint density at radius 2 is 1.70 bits per heavy atom. The number of rotatable bonds is 8. The number of aryl methyl sites for hydroxylation is 2. The van der Waals surface area contributed by atoms with Gasteiger partial charge in [0, 0.05) is 16.3 Å². The summed E-state index contributed by atoms with van der Waals surface area (Å²) in [5.41, 5.74) is 7.49. The van der Waals surface area contributed by atoms with Crippen LogP contribution in [0, 0.1) is 13.8 Å². The second-order valence-electron chi connectivity index (χ2n) is 6.86. The van der Waals surface area contributed by atoms with Crippen LogP contribution in [0.2, 0.25) is 5.02 Å². The average molecular weight is 422 g/mol. The number of amides is 1. The predicted octanol–water partition coefficient (Wildman–Crippen LogP) is 5.10. The van der Waals surface area contributed by atoms with E-state index in [-0.39, 0.29) is 12.5 Å². The number of nitrogens with one attached hydrogen (secondary N) is 2. The van der Waals surface area contributed by atoms with Gasteiger partial charge in [0.15, 0.2) is 0 Å². The summed E-state index contributed by atoms with van der Waals surface area (Å²) in [6.45, 7) is 4.56. The lowest BCUT2D eigenvalue weighted by Gasteiger charge is -2.11. The molecule has 0 saturated heterocycles. The molecule has 5 nitrogen and oxygen atoms in total. The van der Waals surface area contributed by atoms with Gasteiger partial charge in [0.1, 0.15) is 12.4 Å². The minimum Gasteiger partial charge on any atom is -0.489 e. The molecular formula is C24H24ClN3O2. The number of carbonyl (C=O) groups excluding carboxylic acids is 1. The van der Waals surface area contributed by atoms with E-state index in [1.54, 1.807) is 6.21 Å². The Bertz CT molecular complexity index is 1010. The number of hydrogen-bond acceptors (Lipinski definition) is 4. The fourth-order valence-corrected chi connectivity index (χ4v) is 3.10. The Kier molecular flexibility index (Phi) is 7.46. The van der Waals surface area contributed by atoms with Gasteiger partial charge in [-0.25, -0.2) is 5.43 Å². The predicted molar refractivity (Wildman–Crippen MR) is 122 cm³/mol. The fraction of sp³-hybridized carbons (Fsp3) is 0.167. The molecule has 2 N–H and O–H groups in total. The number of hydrogen-bond donors (Lipinski definition) is 2. The third-order valence-corrected chi connectivity index (χ3v) is 4.91. The Labute approximate surface area is 181 Å². The van der Waals surface area contributed by atoms with E-state index in [0.717, 1.165) is 33.7 Å². The van der Waals surface area contributed by atoms with Gasteiger partial charge in [-0.15, -0.1) is 0 Å². The van der Waals surface area contributed by atoms with Gasteiger partial charge in [0.05, 0.1) is 12.8 Å². The highest BCUT2D eigenvalue weighted by Crippen LogP contribution is 2.19. The van der Waals surface area contributed by atoms with Crippen LogP contribution in [0.25, 0.3) is 0 Å². The maximum absolute atomic E-state index is 12.0. The van der Waals surface area contributed by atoms with Crippen molar-refractivity contribution in [1.82, 2.24) is 5.43 Å². The zero-order valence-electron chi connectivity index (χ0n) is 17.0. The SMILES string of the molecule is Cc1cccc(C)c1NCC(=O)NN=Cc1ccc(OCc2ccccc2Cl)cc1. The molecule has 154 valence electrons. The van der Waals surface area contributed by atoms with E-state index in [9.17, 15) is 4.79 Å². The summed E-state index contributed by atoms with van der Waals surface area (Å²) in [5, 5.41) is 7.85. The molecule has 0 aliphatic heterocycles. The van der Waals surface area contributed by atoms with Crippen molar-refractivity contribution in [3.05, 3.63) is 94.0 Å². The van der Waals surface area contributed by atoms with Crippen LogP contribution in [0.15, 0.2) is 71.8 Å². The maximum atomic E-state index is 12.0. The van der Waals surface area contributed by atoms with E-state index in [1.807, 2.05) is 80.6 Å². The summed E-state index contributed by atoms with van der Waals surface area (Å²) in [6.07, 6.45) is 1.59. The number of carbonyl (C=O) groups is 1. The highest BCUT2D eigenvalue weighted by Gasteiger charge is 2.04. The van der Waals surface area contributed by atoms with Crippen molar-refractivity contribution in [3.63, 3.8) is 0 Å². The smallest absolute Gasteiger partial charge is 0.259 e. The lowest BCUT2D eigenvalue weighted by Crippen LogP contribution is -2.26. The first kappa shape index (κ1) is 21.4. The zero-order chi connectivity index (χ0) is 21.3. The highest BCUT2D eigenvalue weighted by molar-refractivity contribution is 6.31. The van der Waals surface area contributed by atoms with Crippen LogP contribution in [0.4, 0.5) is 5.69 Å². The van der Waals surface area contributed by atoms with Crippen molar-refractivity contribution in [3.8, 4) is 5.75 Å². The first-order valence-corrected chi connectivity index (χ1v) is 9.99. The Morgan fingerprint density at radius 3 is 2.40 bits per heavy atom. The normalized spacial score (nSPS) is 10.8. The molecule has 0 radical (unpaired) electrons. The minimum absolute atomic E-state index is 0.151. The summed E-state index contributed by atoms with van der Waals surface area (Å²) in [6, 6.07) is 21.0. The molecule has 0 aromatic heterocycles. The Balaban J connectivity index is 1.45. The van der Waals surface area contributed by atoms with Gasteiger partial charge in [-0.1, -0.05) is 48.0 Å². The maximum Gasteiger partial charge on any atom is 0.259 e. The van der Waals surface area contributed by atoms with E-state index in [1.165, 1.54) is 0 Å². The molecule has 3 rings (SSSR count). The van der Waals surface area contributed by atoms with Crippen molar-refractivity contribution in [2.24, 2.45) is 5.10 Å². The summed E-state index contributed by atoms with van der Waals surface area (Å²) >= 11 is 6.13. The molecule has 0 spiro atoms. The number of benzene rings is 3.